The van der Waals surface area contributed by atoms with Crippen LogP contribution in [-0.4, -0.2) is 142 Å². The summed E-state index contributed by atoms with van der Waals surface area (Å²) in [5, 5.41) is 32.5. The number of para-hydroxylation sites is 1. The number of carbonyl (C=O) groups excluding carboxylic acids is 7. The molecule has 2 aromatic rings. The largest absolute Gasteiger partial charge is 0.481 e. The second-order valence-corrected chi connectivity index (χ2v) is 15.3. The number of aromatic nitrogens is 1. The van der Waals surface area contributed by atoms with Crippen LogP contribution < -0.4 is 55.3 Å². The molecule has 1 fully saturated rings. The Kier molecular flexibility index (Phi) is 20.9. The SMILES string of the molecule is NCCCC[C@H](NC(=O)[C@H](Cc1c[nH]c2ccccc12)NC(=O)[C@H](CCC(=O)O)NC(=O)CN)C(=O)N1CCC[C@H]1C(=O)N[C@@H](CCCN=C(N)N)C(=O)N[C@@H](CCC(N)=O)C(=O)O. The number of carboxylic acids is 2. The number of carboxylic acid groups (broad SMARTS) is 2. The van der Waals surface area contributed by atoms with E-state index >= 15 is 0 Å². The molecule has 24 heteroatoms. The van der Waals surface area contributed by atoms with Crippen LogP contribution in [0.25, 0.3) is 10.9 Å². The monoisotopic (exact) mass is 899 g/mol. The van der Waals surface area contributed by atoms with Crippen LogP contribution in [0.1, 0.15) is 76.2 Å². The number of hydrogen-bond acceptors (Lipinski definition) is 12. The van der Waals surface area contributed by atoms with E-state index in [4.69, 9.17) is 28.7 Å². The van der Waals surface area contributed by atoms with Gasteiger partial charge in [0.05, 0.1) is 6.54 Å². The van der Waals surface area contributed by atoms with Gasteiger partial charge < -0.3 is 75.3 Å². The number of fused-ring (bicyclic) bond motifs is 1. The Morgan fingerprint density at radius 1 is 0.750 bits per heavy atom. The van der Waals surface area contributed by atoms with E-state index in [0.29, 0.717) is 24.8 Å². The van der Waals surface area contributed by atoms with Gasteiger partial charge in [0.15, 0.2) is 5.96 Å². The topological polar surface area (TPSA) is 416 Å². The molecular formula is C40H61N13O11. The summed E-state index contributed by atoms with van der Waals surface area (Å²) < 4.78 is 0. The number of nitrogens with zero attached hydrogens (tertiary/aromatic N) is 2. The van der Waals surface area contributed by atoms with E-state index in [1.165, 1.54) is 4.90 Å². The number of guanidine groups is 1. The highest BCUT2D eigenvalue weighted by atomic mass is 16.4. The number of amides is 7. The van der Waals surface area contributed by atoms with Gasteiger partial charge in [-0.3, -0.25) is 43.3 Å². The average Bonchev–Trinajstić information content (AvgIpc) is 3.91. The molecule has 24 nitrogen and oxygen atoms in total. The smallest absolute Gasteiger partial charge is 0.326 e. The molecule has 352 valence electrons. The first-order valence-corrected chi connectivity index (χ1v) is 21.0. The van der Waals surface area contributed by atoms with Crippen molar-refractivity contribution < 1.29 is 53.4 Å². The number of aliphatic carboxylic acids is 2. The van der Waals surface area contributed by atoms with E-state index in [1.54, 1.807) is 24.4 Å². The van der Waals surface area contributed by atoms with Gasteiger partial charge in [0.25, 0.3) is 0 Å². The number of primary amides is 1. The molecular weight excluding hydrogens is 839 g/mol. The lowest BCUT2D eigenvalue weighted by Gasteiger charge is -2.31. The summed E-state index contributed by atoms with van der Waals surface area (Å²) in [6, 6.07) is -0.733. The van der Waals surface area contributed by atoms with Crippen molar-refractivity contribution in [1.29, 1.82) is 0 Å². The minimum Gasteiger partial charge on any atom is -0.481 e. The van der Waals surface area contributed by atoms with E-state index in [9.17, 15) is 53.4 Å². The number of nitrogens with one attached hydrogen (secondary N) is 6. The van der Waals surface area contributed by atoms with Gasteiger partial charge in [0.1, 0.15) is 36.3 Å². The zero-order chi connectivity index (χ0) is 47.3. The van der Waals surface area contributed by atoms with E-state index < -0.39 is 103 Å². The summed E-state index contributed by atoms with van der Waals surface area (Å²) >= 11 is 0. The highest BCUT2D eigenvalue weighted by Gasteiger charge is 2.40. The van der Waals surface area contributed by atoms with Crippen molar-refractivity contribution in [3.63, 3.8) is 0 Å². The number of aliphatic imine (C=N–C) groups is 1. The predicted octanol–water partition coefficient (Wildman–Crippen LogP) is -3.52. The molecule has 1 aromatic carbocycles. The second-order valence-electron chi connectivity index (χ2n) is 15.3. The highest BCUT2D eigenvalue weighted by molar-refractivity contribution is 5.98. The van der Waals surface area contributed by atoms with Gasteiger partial charge in [-0.1, -0.05) is 18.2 Å². The first-order valence-electron chi connectivity index (χ1n) is 21.0. The number of aromatic amines is 1. The Morgan fingerprint density at radius 2 is 1.38 bits per heavy atom. The zero-order valence-electron chi connectivity index (χ0n) is 35.5. The number of unbranched alkanes of at least 4 members (excludes halogenated alkanes) is 1. The number of nitrogens with two attached hydrogens (primary N) is 5. The van der Waals surface area contributed by atoms with Gasteiger partial charge in [-0.25, -0.2) is 4.79 Å². The maximum absolute atomic E-state index is 14.5. The molecule has 3 rings (SSSR count). The zero-order valence-corrected chi connectivity index (χ0v) is 35.5. The molecule has 0 bridgehead atoms. The Balaban J connectivity index is 1.91. The molecule has 0 aliphatic carbocycles. The molecule has 0 radical (unpaired) electrons. The molecule has 64 heavy (non-hydrogen) atoms. The molecule has 0 spiro atoms. The third-order valence-corrected chi connectivity index (χ3v) is 10.5. The molecule has 6 atom stereocenters. The standard InChI is InChI=1S/C40H61N13O11/c41-16-4-3-9-27(50-36(60)29(19-22-21-47-24-8-2-1-7-23(22)24)52-35(59)26(13-15-33(56)57)48-32(55)20-42)38(62)53-18-6-11-30(53)37(61)49-25(10-5-17-46-40(44)45)34(58)51-28(39(63)64)12-14-31(43)54/h1-2,7-8,21,25-30,47H,3-6,9-20,41-42H2,(H2,43,54)(H,48,55)(H,49,61)(H,50,60)(H,51,58)(H,52,59)(H,56,57)(H,63,64)(H4,44,45,46)/t25-,26-,27-,28-,29-,30-/m0/s1. The van der Waals surface area contributed by atoms with Crippen molar-refractivity contribution in [2.75, 3.05) is 26.2 Å². The van der Waals surface area contributed by atoms with E-state index in [0.717, 1.165) is 10.9 Å². The minimum atomic E-state index is -1.51. The second kappa shape index (κ2) is 26.0. The molecule has 0 unspecified atom stereocenters. The maximum atomic E-state index is 14.5. The first-order chi connectivity index (χ1) is 30.4. The number of rotatable bonds is 28. The molecule has 2 heterocycles. The lowest BCUT2D eigenvalue weighted by atomic mass is 10.0. The maximum Gasteiger partial charge on any atom is 0.326 e. The van der Waals surface area contributed by atoms with Crippen LogP contribution in [0.4, 0.5) is 0 Å². The van der Waals surface area contributed by atoms with E-state index in [1.807, 2.05) is 6.07 Å². The van der Waals surface area contributed by atoms with Crippen molar-refractivity contribution in [2.24, 2.45) is 33.7 Å². The molecule has 1 aromatic heterocycles. The fraction of sp³-hybridized carbons (Fsp3) is 0.550. The molecule has 18 N–H and O–H groups in total. The number of H-pyrrole nitrogens is 1. The molecule has 7 amide bonds. The van der Waals surface area contributed by atoms with Crippen LogP contribution >= 0.6 is 0 Å². The summed E-state index contributed by atoms with van der Waals surface area (Å²) in [5.74, 6) is -8.32. The molecule has 0 saturated carbocycles. The van der Waals surface area contributed by atoms with Gasteiger partial charge >= 0.3 is 11.9 Å². The van der Waals surface area contributed by atoms with Crippen LogP contribution in [0.3, 0.4) is 0 Å². The summed E-state index contributed by atoms with van der Waals surface area (Å²) in [4.78, 5) is 125. The van der Waals surface area contributed by atoms with E-state index in [-0.39, 0.29) is 77.0 Å². The summed E-state index contributed by atoms with van der Waals surface area (Å²) in [7, 11) is 0. The summed E-state index contributed by atoms with van der Waals surface area (Å²) in [6.07, 6.45) is 1.68. The van der Waals surface area contributed by atoms with Gasteiger partial charge in [0, 0.05) is 49.5 Å². The quantitative estimate of drug-likeness (QED) is 0.0224. The van der Waals surface area contributed by atoms with Crippen molar-refractivity contribution in [3.8, 4) is 0 Å². The number of likely N-dealkylation sites (tertiary alicyclic amines) is 1. The van der Waals surface area contributed by atoms with Crippen LogP contribution in [0.5, 0.6) is 0 Å². The van der Waals surface area contributed by atoms with Crippen molar-refractivity contribution in [3.05, 3.63) is 36.0 Å². The Hall–Kier alpha value is -6.82. The van der Waals surface area contributed by atoms with Gasteiger partial charge in [-0.15, -0.1) is 0 Å². The van der Waals surface area contributed by atoms with Gasteiger partial charge in [0.2, 0.25) is 41.4 Å². The fourth-order valence-corrected chi connectivity index (χ4v) is 7.17. The number of hydrogen-bond donors (Lipinski definition) is 13. The normalized spacial score (nSPS) is 15.7. The third-order valence-electron chi connectivity index (χ3n) is 10.5. The average molecular weight is 900 g/mol. The molecule has 1 aliphatic heterocycles. The summed E-state index contributed by atoms with van der Waals surface area (Å²) in [6.45, 7) is -0.0588. The first kappa shape index (κ1) is 51.5. The van der Waals surface area contributed by atoms with Crippen LogP contribution in [0, 0.1) is 0 Å². The number of carbonyl (C=O) groups is 9. The van der Waals surface area contributed by atoms with Gasteiger partial charge in [-0.2, -0.15) is 0 Å². The summed E-state index contributed by atoms with van der Waals surface area (Å²) in [5.41, 5.74) is 28.6. The molecule has 1 saturated heterocycles. The van der Waals surface area contributed by atoms with Crippen molar-refractivity contribution >= 4 is 70.2 Å². The van der Waals surface area contributed by atoms with Crippen LogP contribution in [-0.2, 0) is 49.6 Å². The highest BCUT2D eigenvalue weighted by Crippen LogP contribution is 2.22. The minimum absolute atomic E-state index is 0.0500. The van der Waals surface area contributed by atoms with E-state index in [2.05, 4.69) is 36.6 Å². The number of benzene rings is 1. The Labute approximate surface area is 368 Å². The lowest BCUT2D eigenvalue weighted by molar-refractivity contribution is -0.144. The Bertz CT molecular complexity index is 2000. The van der Waals surface area contributed by atoms with Crippen molar-refractivity contribution in [1.82, 2.24) is 36.5 Å². The predicted molar refractivity (Wildman–Crippen MR) is 231 cm³/mol. The Morgan fingerprint density at radius 3 is 2.02 bits per heavy atom. The van der Waals surface area contributed by atoms with Crippen molar-refractivity contribution in [2.45, 2.75) is 113 Å². The van der Waals surface area contributed by atoms with Gasteiger partial charge in [-0.05, 0) is 76.0 Å². The fourth-order valence-electron chi connectivity index (χ4n) is 7.17. The third kappa shape index (κ3) is 16.5. The molecule has 1 aliphatic rings. The van der Waals surface area contributed by atoms with Crippen LogP contribution in [0.15, 0.2) is 35.5 Å². The lowest BCUT2D eigenvalue weighted by Crippen LogP contribution is -2.59. The van der Waals surface area contributed by atoms with Crippen LogP contribution in [0.2, 0.25) is 0 Å².